The molecular weight excluding hydrogens is 260 g/mol. The van der Waals surface area contributed by atoms with Crippen molar-refractivity contribution in [3.8, 4) is 0 Å². The number of nitrogens with zero attached hydrogens (tertiary/aromatic N) is 1. The van der Waals surface area contributed by atoms with Gasteiger partial charge in [-0.15, -0.1) is 0 Å². The molecule has 0 radical (unpaired) electrons. The van der Waals surface area contributed by atoms with E-state index in [9.17, 15) is 9.59 Å². The Morgan fingerprint density at radius 1 is 1.40 bits per heavy atom. The molecule has 2 amide bonds. The van der Waals surface area contributed by atoms with Gasteiger partial charge in [-0.3, -0.25) is 4.79 Å². The molecule has 6 nitrogen and oxygen atoms in total. The number of hydrogen-bond acceptors (Lipinski definition) is 3. The van der Waals surface area contributed by atoms with Gasteiger partial charge in [0.2, 0.25) is 0 Å². The third-order valence-electron chi connectivity index (χ3n) is 3.25. The molecule has 1 aromatic heterocycles. The molecule has 110 valence electrons. The van der Waals surface area contributed by atoms with Crippen LogP contribution >= 0.6 is 0 Å². The lowest BCUT2D eigenvalue weighted by Crippen LogP contribution is -2.41. The van der Waals surface area contributed by atoms with Gasteiger partial charge in [0.05, 0.1) is 12.8 Å². The van der Waals surface area contributed by atoms with E-state index in [4.69, 9.17) is 9.52 Å². The van der Waals surface area contributed by atoms with Crippen molar-refractivity contribution in [1.82, 2.24) is 10.2 Å². The SMILES string of the molecule is O=C(O)CCCCNC(=O)N(Cc1ccco1)C1CC1. The Hall–Kier alpha value is -1.98. The van der Waals surface area contributed by atoms with Crippen LogP contribution in [0.1, 0.15) is 37.9 Å². The summed E-state index contributed by atoms with van der Waals surface area (Å²) in [5.41, 5.74) is 0. The molecule has 1 aromatic rings. The van der Waals surface area contributed by atoms with Gasteiger partial charge in [-0.05, 0) is 37.8 Å². The molecule has 0 unspecified atom stereocenters. The topological polar surface area (TPSA) is 82.8 Å². The standard InChI is InChI=1S/C14H20N2O4/c17-13(18)5-1-2-8-15-14(19)16(11-6-7-11)10-12-4-3-9-20-12/h3-4,9,11H,1-2,5-8,10H2,(H,15,19)(H,17,18). The summed E-state index contributed by atoms with van der Waals surface area (Å²) in [4.78, 5) is 24.3. The number of nitrogens with one attached hydrogen (secondary N) is 1. The van der Waals surface area contributed by atoms with Crippen molar-refractivity contribution in [3.05, 3.63) is 24.2 Å². The normalized spacial score (nSPS) is 14.0. The van der Waals surface area contributed by atoms with E-state index in [-0.39, 0.29) is 12.5 Å². The Balaban J connectivity index is 1.72. The van der Waals surface area contributed by atoms with Crippen LogP contribution in [0.15, 0.2) is 22.8 Å². The molecular formula is C14H20N2O4. The molecule has 1 heterocycles. The fraction of sp³-hybridized carbons (Fsp3) is 0.571. The van der Waals surface area contributed by atoms with Gasteiger partial charge < -0.3 is 19.7 Å². The molecule has 0 atom stereocenters. The zero-order valence-corrected chi connectivity index (χ0v) is 11.4. The summed E-state index contributed by atoms with van der Waals surface area (Å²) in [5, 5.41) is 11.4. The molecule has 0 aliphatic heterocycles. The number of carbonyl (C=O) groups excluding carboxylic acids is 1. The van der Waals surface area contributed by atoms with Gasteiger partial charge in [0.25, 0.3) is 0 Å². The zero-order valence-electron chi connectivity index (χ0n) is 11.4. The van der Waals surface area contributed by atoms with E-state index in [0.717, 1.165) is 18.6 Å². The summed E-state index contributed by atoms with van der Waals surface area (Å²) in [5.74, 6) is -0.0216. The second-order valence-electron chi connectivity index (χ2n) is 5.02. The van der Waals surface area contributed by atoms with Crippen molar-refractivity contribution in [2.75, 3.05) is 6.54 Å². The monoisotopic (exact) mass is 280 g/mol. The third-order valence-corrected chi connectivity index (χ3v) is 3.25. The van der Waals surface area contributed by atoms with Crippen LogP contribution in [-0.2, 0) is 11.3 Å². The van der Waals surface area contributed by atoms with Crippen molar-refractivity contribution in [2.24, 2.45) is 0 Å². The van der Waals surface area contributed by atoms with E-state index in [0.29, 0.717) is 32.0 Å². The third kappa shape index (κ3) is 4.60. The van der Waals surface area contributed by atoms with E-state index < -0.39 is 5.97 Å². The van der Waals surface area contributed by atoms with Gasteiger partial charge in [0, 0.05) is 19.0 Å². The lowest BCUT2D eigenvalue weighted by atomic mass is 10.2. The molecule has 0 saturated heterocycles. The first kappa shape index (κ1) is 14.4. The highest BCUT2D eigenvalue weighted by atomic mass is 16.4. The number of carbonyl (C=O) groups is 2. The van der Waals surface area contributed by atoms with E-state index in [2.05, 4.69) is 5.32 Å². The number of unbranched alkanes of at least 4 members (excludes halogenated alkanes) is 1. The minimum atomic E-state index is -0.797. The average Bonchev–Trinajstić information content (AvgIpc) is 3.12. The van der Waals surface area contributed by atoms with E-state index in [1.165, 1.54) is 0 Å². The highest BCUT2D eigenvalue weighted by Gasteiger charge is 2.32. The summed E-state index contributed by atoms with van der Waals surface area (Å²) in [6.07, 6.45) is 5.08. The number of amides is 2. The highest BCUT2D eigenvalue weighted by Crippen LogP contribution is 2.28. The summed E-state index contributed by atoms with van der Waals surface area (Å²) >= 11 is 0. The number of carboxylic acids is 1. The van der Waals surface area contributed by atoms with Crippen LogP contribution < -0.4 is 5.32 Å². The van der Waals surface area contributed by atoms with Crippen LogP contribution in [0.4, 0.5) is 4.79 Å². The van der Waals surface area contributed by atoms with Crippen LogP contribution in [0.2, 0.25) is 0 Å². The first-order valence-corrected chi connectivity index (χ1v) is 6.95. The molecule has 0 bridgehead atoms. The summed E-state index contributed by atoms with van der Waals surface area (Å²) in [7, 11) is 0. The van der Waals surface area contributed by atoms with Crippen molar-refractivity contribution >= 4 is 12.0 Å². The molecule has 0 aromatic carbocycles. The number of carboxylic acid groups (broad SMARTS) is 1. The predicted octanol–water partition coefficient (Wildman–Crippen LogP) is 2.21. The van der Waals surface area contributed by atoms with Gasteiger partial charge in [-0.1, -0.05) is 0 Å². The Labute approximate surface area is 117 Å². The number of rotatable bonds is 8. The summed E-state index contributed by atoms with van der Waals surface area (Å²) in [6.45, 7) is 0.992. The number of hydrogen-bond donors (Lipinski definition) is 2. The number of aliphatic carboxylic acids is 1. The molecule has 1 aliphatic carbocycles. The number of urea groups is 1. The van der Waals surface area contributed by atoms with Crippen molar-refractivity contribution < 1.29 is 19.1 Å². The largest absolute Gasteiger partial charge is 0.481 e. The first-order chi connectivity index (χ1) is 9.66. The minimum Gasteiger partial charge on any atom is -0.481 e. The minimum absolute atomic E-state index is 0.0979. The maximum atomic E-state index is 12.1. The summed E-state index contributed by atoms with van der Waals surface area (Å²) < 4.78 is 5.27. The summed E-state index contributed by atoms with van der Waals surface area (Å²) in [6, 6.07) is 3.87. The van der Waals surface area contributed by atoms with Crippen LogP contribution in [0.5, 0.6) is 0 Å². The predicted molar refractivity (Wildman–Crippen MR) is 72.2 cm³/mol. The van der Waals surface area contributed by atoms with Crippen LogP contribution in [0.25, 0.3) is 0 Å². The molecule has 6 heteroatoms. The van der Waals surface area contributed by atoms with Gasteiger partial charge >= 0.3 is 12.0 Å². The Morgan fingerprint density at radius 2 is 2.20 bits per heavy atom. The second-order valence-corrected chi connectivity index (χ2v) is 5.02. The van der Waals surface area contributed by atoms with Gasteiger partial charge in [-0.2, -0.15) is 0 Å². The quantitative estimate of drug-likeness (QED) is 0.715. The fourth-order valence-corrected chi connectivity index (χ4v) is 2.02. The number of furan rings is 1. The van der Waals surface area contributed by atoms with E-state index in [1.54, 1.807) is 11.2 Å². The molecule has 1 aliphatic rings. The molecule has 1 saturated carbocycles. The average molecular weight is 280 g/mol. The van der Waals surface area contributed by atoms with Gasteiger partial charge in [-0.25, -0.2) is 4.79 Å². The smallest absolute Gasteiger partial charge is 0.318 e. The van der Waals surface area contributed by atoms with E-state index in [1.807, 2.05) is 12.1 Å². The molecule has 0 spiro atoms. The van der Waals surface area contributed by atoms with Crippen LogP contribution in [0, 0.1) is 0 Å². The van der Waals surface area contributed by atoms with Gasteiger partial charge in [0.1, 0.15) is 5.76 Å². The van der Waals surface area contributed by atoms with Crippen molar-refractivity contribution in [2.45, 2.75) is 44.7 Å². The Kier molecular flexibility index (Phi) is 5.03. The highest BCUT2D eigenvalue weighted by molar-refractivity contribution is 5.74. The maximum Gasteiger partial charge on any atom is 0.318 e. The first-order valence-electron chi connectivity index (χ1n) is 6.95. The van der Waals surface area contributed by atoms with Crippen LogP contribution in [-0.4, -0.2) is 34.6 Å². The van der Waals surface area contributed by atoms with Crippen molar-refractivity contribution in [1.29, 1.82) is 0 Å². The van der Waals surface area contributed by atoms with Crippen molar-refractivity contribution in [3.63, 3.8) is 0 Å². The molecule has 2 N–H and O–H groups in total. The van der Waals surface area contributed by atoms with Crippen LogP contribution in [0.3, 0.4) is 0 Å². The Bertz CT molecular complexity index is 440. The molecule has 20 heavy (non-hydrogen) atoms. The lowest BCUT2D eigenvalue weighted by Gasteiger charge is -2.21. The maximum absolute atomic E-state index is 12.1. The molecule has 2 rings (SSSR count). The second kappa shape index (κ2) is 6.98. The zero-order chi connectivity index (χ0) is 14.4. The fourth-order valence-electron chi connectivity index (χ4n) is 2.02. The molecule has 1 fully saturated rings. The van der Waals surface area contributed by atoms with Gasteiger partial charge in [0.15, 0.2) is 0 Å². The lowest BCUT2D eigenvalue weighted by molar-refractivity contribution is -0.137. The van der Waals surface area contributed by atoms with E-state index >= 15 is 0 Å². The Morgan fingerprint density at radius 3 is 2.80 bits per heavy atom.